The van der Waals surface area contributed by atoms with Crippen molar-refractivity contribution in [2.75, 3.05) is 20.3 Å². The molecule has 4 atom stereocenters. The van der Waals surface area contributed by atoms with Crippen LogP contribution in [0.25, 0.3) is 35.2 Å². The van der Waals surface area contributed by atoms with E-state index in [1.54, 1.807) is 6.08 Å². The molecule has 1 aliphatic carbocycles. The molecule has 3 aromatic rings. The Kier molecular flexibility index (Phi) is 12.7. The number of fused-ring (bicyclic) bond motifs is 7. The molecule has 0 saturated carbocycles. The van der Waals surface area contributed by atoms with Gasteiger partial charge in [0, 0.05) is 12.2 Å². The van der Waals surface area contributed by atoms with Crippen molar-refractivity contribution in [1.82, 2.24) is 15.0 Å². The number of hydrogen-bond donors (Lipinski definition) is 2. The minimum Gasteiger partial charge on any atom is -0.664 e. The van der Waals surface area contributed by atoms with Crippen LogP contribution in [-0.4, -0.2) is 71.6 Å². The molecule has 0 radical (unpaired) electrons. The molecular weight excluding hydrogens is 681 g/mol. The summed E-state index contributed by atoms with van der Waals surface area (Å²) in [6.07, 6.45) is 11.7. The number of rotatable bonds is 12. The number of ether oxygens (including phenoxy) is 2. The van der Waals surface area contributed by atoms with Gasteiger partial charge in [-0.25, -0.2) is 0 Å². The van der Waals surface area contributed by atoms with Crippen LogP contribution in [0.4, 0.5) is 0 Å². The number of ketones is 1. The summed E-state index contributed by atoms with van der Waals surface area (Å²) >= 11 is 0. The van der Waals surface area contributed by atoms with Gasteiger partial charge in [0.2, 0.25) is 0 Å². The van der Waals surface area contributed by atoms with Crippen LogP contribution in [-0.2, 0) is 20.7 Å². The largest absolute Gasteiger partial charge is 2.00 e. The summed E-state index contributed by atoms with van der Waals surface area (Å²) in [5, 5.41) is 27.5. The summed E-state index contributed by atoms with van der Waals surface area (Å²) in [5.41, 5.74) is 10.0. The van der Waals surface area contributed by atoms with Gasteiger partial charge in [0.1, 0.15) is 5.92 Å². The van der Waals surface area contributed by atoms with E-state index >= 15 is 0 Å². The van der Waals surface area contributed by atoms with Crippen LogP contribution in [0.5, 0.6) is 0 Å². The van der Waals surface area contributed by atoms with E-state index in [0.29, 0.717) is 65.0 Å². The van der Waals surface area contributed by atoms with Crippen LogP contribution in [0.2, 0.25) is 0 Å². The van der Waals surface area contributed by atoms with E-state index in [1.807, 2.05) is 45.1 Å². The average Bonchev–Trinajstić information content (AvgIpc) is 3.85. The van der Waals surface area contributed by atoms with Crippen molar-refractivity contribution in [2.24, 2.45) is 17.8 Å². The van der Waals surface area contributed by atoms with E-state index < -0.39 is 18.2 Å². The molecule has 53 heavy (non-hydrogen) atoms. The summed E-state index contributed by atoms with van der Waals surface area (Å²) in [5.74, 6) is -2.71. The van der Waals surface area contributed by atoms with Gasteiger partial charge in [-0.2, -0.15) is 11.4 Å². The Morgan fingerprint density at radius 3 is 2.43 bits per heavy atom. The monoisotopic (exact) mass is 728 g/mol. The second kappa shape index (κ2) is 16.6. The van der Waals surface area contributed by atoms with E-state index in [4.69, 9.17) is 29.7 Å². The molecule has 11 heteroatoms. The van der Waals surface area contributed by atoms with E-state index in [-0.39, 0.29) is 47.3 Å². The second-order valence-electron chi connectivity index (χ2n) is 14.1. The zero-order valence-corrected chi connectivity index (χ0v) is 33.3. The maximum Gasteiger partial charge on any atom is 2.00 e. The van der Waals surface area contributed by atoms with Gasteiger partial charge in [0.05, 0.1) is 13.7 Å². The summed E-state index contributed by atoms with van der Waals surface area (Å²) < 4.78 is 11.0. The second-order valence-corrected chi connectivity index (χ2v) is 14.1. The molecule has 1 unspecified atom stereocenters. The third-order valence-corrected chi connectivity index (χ3v) is 10.8. The zero-order chi connectivity index (χ0) is 37.4. The van der Waals surface area contributed by atoms with Gasteiger partial charge in [-0.1, -0.05) is 90.6 Å². The number of aliphatic hydroxyl groups is 2. The molecular formula is C42H48MgN4O6-2. The maximum atomic E-state index is 14.2. The Labute approximate surface area is 327 Å². The number of allylic oxidation sites excluding steroid dienone is 3. The Hall–Kier alpha value is -3.87. The fourth-order valence-electron chi connectivity index (χ4n) is 7.83. The molecule has 5 heterocycles. The predicted octanol–water partition coefficient (Wildman–Crippen LogP) is 4.49. The molecule has 1 fully saturated rings. The Morgan fingerprint density at radius 1 is 1.04 bits per heavy atom. The van der Waals surface area contributed by atoms with Gasteiger partial charge in [0.15, 0.2) is 12.1 Å². The van der Waals surface area contributed by atoms with Gasteiger partial charge in [-0.05, 0) is 70.8 Å². The average molecular weight is 729 g/mol. The standard InChI is InChI=1S/C42H49N4O6.Mg/c1-9-11-21(3)15-17-52-35(48)13-12-28-24(6)31-18-29-22(4)26(10-2)33(43-29)19-30-23(5)27(14-16-47)34(44-30)20-32-25(7)36-40(46-32)37(39(28)45-31)38(41(36)49)42(50)51-8;/h10,15,18-20,24,28,35,38,47-48H,2,9,11-14,16-17H2,1,3-8H3,(H-,45,46,49);/q-3;+2/p-1/b21-15+,30-19-,31-18-,34-20-;/t24-,28-,35?,38+;/m0./s1. The zero-order valence-electron chi connectivity index (χ0n) is 31.9. The molecule has 2 aliphatic heterocycles. The fourth-order valence-corrected chi connectivity index (χ4v) is 7.83. The van der Waals surface area contributed by atoms with E-state index in [9.17, 15) is 19.8 Å². The number of nitrogens with zero attached hydrogens (tertiary/aromatic N) is 4. The number of methoxy groups -OCH3 is 1. The molecule has 2 N–H and O–H groups in total. The number of aliphatic hydroxyl groups excluding tert-OH is 2. The van der Waals surface area contributed by atoms with Gasteiger partial charge in [-0.15, -0.1) is 33.5 Å². The van der Waals surface area contributed by atoms with Crippen molar-refractivity contribution in [1.29, 1.82) is 0 Å². The van der Waals surface area contributed by atoms with Crippen molar-refractivity contribution in [2.45, 2.75) is 79.9 Å². The maximum absolute atomic E-state index is 14.2. The van der Waals surface area contributed by atoms with Crippen molar-refractivity contribution in [3.05, 3.63) is 102 Å². The van der Waals surface area contributed by atoms with Crippen LogP contribution >= 0.6 is 0 Å². The molecule has 1 saturated heterocycles. The number of aromatic nitrogens is 3. The number of Topliss-reactive ketones (excluding diaryl/α,β-unsaturated/α-hetero) is 1. The third-order valence-electron chi connectivity index (χ3n) is 10.8. The summed E-state index contributed by atoms with van der Waals surface area (Å²) in [4.78, 5) is 42.7. The van der Waals surface area contributed by atoms with Crippen molar-refractivity contribution >= 4 is 64.7 Å². The van der Waals surface area contributed by atoms with Crippen molar-refractivity contribution in [3.63, 3.8) is 0 Å². The smallest absolute Gasteiger partial charge is 0.664 e. The number of hydrogen-bond acceptors (Lipinski definition) is 6. The Bertz CT molecular complexity index is 2140. The first-order valence-corrected chi connectivity index (χ1v) is 18.1. The molecule has 3 aromatic heterocycles. The summed E-state index contributed by atoms with van der Waals surface area (Å²) in [7, 11) is 1.28. The molecule has 0 aromatic carbocycles. The summed E-state index contributed by atoms with van der Waals surface area (Å²) in [6.45, 7) is 16.4. The van der Waals surface area contributed by atoms with Gasteiger partial charge in [-0.3, -0.25) is 9.59 Å². The van der Waals surface area contributed by atoms with Crippen molar-refractivity contribution in [3.8, 4) is 0 Å². The first-order valence-electron chi connectivity index (χ1n) is 18.1. The van der Waals surface area contributed by atoms with Crippen LogP contribution in [0.15, 0.2) is 29.6 Å². The molecule has 8 bridgehead atoms. The number of carbonyl (C=O) groups is 2. The van der Waals surface area contributed by atoms with Crippen LogP contribution in [0, 0.1) is 38.5 Å². The minimum atomic E-state index is -1.22. The Morgan fingerprint density at radius 2 is 1.75 bits per heavy atom. The first-order chi connectivity index (χ1) is 24.9. The van der Waals surface area contributed by atoms with Gasteiger partial charge < -0.3 is 40.0 Å². The Balaban J connectivity index is 0.00000541. The van der Waals surface area contributed by atoms with E-state index in [0.717, 1.165) is 57.5 Å². The third kappa shape index (κ3) is 7.46. The molecule has 3 aliphatic rings. The fraction of sp³-hybridized carbons (Fsp3) is 0.429. The number of carbonyl (C=O) groups excluding carboxylic acids is 2. The molecule has 0 spiro atoms. The normalized spacial score (nSPS) is 23.3. The quantitative estimate of drug-likeness (QED) is 0.0905. The minimum absolute atomic E-state index is 0. The molecule has 0 amide bonds. The molecule has 276 valence electrons. The topological polar surface area (TPSA) is 149 Å². The van der Waals surface area contributed by atoms with E-state index in [1.165, 1.54) is 12.7 Å². The SMILES string of the molecule is C=Cc1c2[n-]c(c1C)/C=C1\[N-]/C(=C3\c4[n-]c(c(C)c4C(=O)[C@@H]3C(=O)OC)/C=c3\[n-]/c(c(C)c3CCO)=C\2)[C@@H](CCC(O)OC/C=C(\C)CCC)[C@@H]1C.[Mg+2]. The van der Waals surface area contributed by atoms with Crippen LogP contribution in [0.3, 0.4) is 0 Å². The van der Waals surface area contributed by atoms with Crippen molar-refractivity contribution < 1.29 is 29.3 Å². The first kappa shape index (κ1) is 40.3. The van der Waals surface area contributed by atoms with Crippen LogP contribution in [0.1, 0.15) is 107 Å². The van der Waals surface area contributed by atoms with E-state index in [2.05, 4.69) is 27.4 Å². The summed E-state index contributed by atoms with van der Waals surface area (Å²) in [6, 6.07) is 0. The number of esters is 1. The molecule has 6 rings (SSSR count). The predicted molar refractivity (Wildman–Crippen MR) is 207 cm³/mol. The van der Waals surface area contributed by atoms with Gasteiger partial charge >= 0.3 is 29.0 Å². The molecule has 10 nitrogen and oxygen atoms in total. The van der Waals surface area contributed by atoms with Crippen LogP contribution < -0.4 is 25.7 Å². The van der Waals surface area contributed by atoms with Gasteiger partial charge in [0.25, 0.3) is 0 Å².